The molecule has 0 radical (unpaired) electrons. The highest BCUT2D eigenvalue weighted by molar-refractivity contribution is 5.97. The predicted octanol–water partition coefficient (Wildman–Crippen LogP) is 0.817. The number of imide groups is 1. The predicted molar refractivity (Wildman–Crippen MR) is 106 cm³/mol. The third kappa shape index (κ3) is 4.18. The highest BCUT2D eigenvalue weighted by Gasteiger charge is 2.39. The van der Waals surface area contributed by atoms with E-state index in [1.54, 1.807) is 13.8 Å². The second kappa shape index (κ2) is 8.47. The molecule has 2 fully saturated rings. The van der Waals surface area contributed by atoms with Crippen molar-refractivity contribution in [1.29, 1.82) is 0 Å². The van der Waals surface area contributed by atoms with E-state index in [2.05, 4.69) is 20.4 Å². The lowest BCUT2D eigenvalue weighted by atomic mass is 9.98. The minimum atomic E-state index is -0.347. The second-order valence-corrected chi connectivity index (χ2v) is 7.95. The van der Waals surface area contributed by atoms with E-state index in [-0.39, 0.29) is 53.8 Å². The molecule has 2 amide bonds. The van der Waals surface area contributed by atoms with Gasteiger partial charge in [0.15, 0.2) is 5.82 Å². The molecule has 30 heavy (non-hydrogen) atoms. The maximum Gasteiger partial charge on any atom is 0.266 e. The number of carbonyl (C=O) groups excluding carboxylic acids is 2. The normalized spacial score (nSPS) is 18.9. The summed E-state index contributed by atoms with van der Waals surface area (Å²) in [4.78, 5) is 48.6. The summed E-state index contributed by atoms with van der Waals surface area (Å²) >= 11 is 0. The van der Waals surface area contributed by atoms with Crippen LogP contribution in [-0.2, 0) is 16.1 Å². The summed E-state index contributed by atoms with van der Waals surface area (Å²) in [5, 5.41) is 6.94. The van der Waals surface area contributed by atoms with Crippen LogP contribution in [0.5, 0.6) is 0 Å². The van der Waals surface area contributed by atoms with E-state index in [1.165, 1.54) is 15.7 Å². The number of carbonyl (C=O) groups is 2. The molecule has 160 valence electrons. The molecule has 1 unspecified atom stereocenters. The molecular formula is C20H26N6O4. The molecule has 2 aromatic rings. The number of hydrogen-bond acceptors (Lipinski definition) is 8. The van der Waals surface area contributed by atoms with Crippen LogP contribution in [0.3, 0.4) is 0 Å². The van der Waals surface area contributed by atoms with Gasteiger partial charge in [-0.2, -0.15) is 4.98 Å². The molecule has 10 heteroatoms. The zero-order chi connectivity index (χ0) is 21.3. The number of aryl methyl sites for hydroxylation is 2. The van der Waals surface area contributed by atoms with Crippen LogP contribution in [-0.4, -0.2) is 55.5 Å². The van der Waals surface area contributed by atoms with Gasteiger partial charge in [-0.05, 0) is 46.1 Å². The van der Waals surface area contributed by atoms with Crippen LogP contribution in [0.2, 0.25) is 0 Å². The fourth-order valence-corrected chi connectivity index (χ4v) is 3.82. The summed E-state index contributed by atoms with van der Waals surface area (Å²) in [5.74, 6) is 0.518. The Morgan fingerprint density at radius 3 is 2.73 bits per heavy atom. The van der Waals surface area contributed by atoms with Gasteiger partial charge in [0.05, 0.1) is 5.92 Å². The SMILES string of the molecule is Cc1noc(-c2cnc(C)n(CCC(=O)N(C(=O)C3CCCNC3)C3CC3)c2=O)n1. The zero-order valence-corrected chi connectivity index (χ0v) is 17.3. The highest BCUT2D eigenvalue weighted by Crippen LogP contribution is 2.30. The van der Waals surface area contributed by atoms with Crippen molar-refractivity contribution in [2.45, 2.75) is 58.5 Å². The molecular weight excluding hydrogens is 388 g/mol. The third-order valence-corrected chi connectivity index (χ3v) is 5.62. The Labute approximate surface area is 173 Å². The van der Waals surface area contributed by atoms with E-state index < -0.39 is 0 Å². The van der Waals surface area contributed by atoms with Gasteiger partial charge >= 0.3 is 0 Å². The van der Waals surface area contributed by atoms with Crippen molar-refractivity contribution in [1.82, 2.24) is 29.9 Å². The van der Waals surface area contributed by atoms with Crippen LogP contribution in [0.1, 0.15) is 43.8 Å². The summed E-state index contributed by atoms with van der Waals surface area (Å²) in [5.41, 5.74) is -0.156. The van der Waals surface area contributed by atoms with Gasteiger partial charge in [-0.3, -0.25) is 23.9 Å². The number of amides is 2. The summed E-state index contributed by atoms with van der Waals surface area (Å²) < 4.78 is 6.51. The zero-order valence-electron chi connectivity index (χ0n) is 17.3. The lowest BCUT2D eigenvalue weighted by Crippen LogP contribution is -2.47. The molecule has 4 rings (SSSR count). The highest BCUT2D eigenvalue weighted by atomic mass is 16.5. The van der Waals surface area contributed by atoms with Crippen molar-refractivity contribution >= 4 is 11.8 Å². The van der Waals surface area contributed by atoms with Gasteiger partial charge in [-0.25, -0.2) is 4.98 Å². The molecule has 2 aliphatic rings. The number of nitrogens with zero attached hydrogens (tertiary/aromatic N) is 5. The number of nitrogens with one attached hydrogen (secondary N) is 1. The molecule has 1 aliphatic heterocycles. The van der Waals surface area contributed by atoms with Gasteiger partial charge in [0, 0.05) is 31.7 Å². The van der Waals surface area contributed by atoms with E-state index >= 15 is 0 Å². The Hall–Kier alpha value is -2.88. The van der Waals surface area contributed by atoms with Crippen molar-refractivity contribution in [2.75, 3.05) is 13.1 Å². The minimum Gasteiger partial charge on any atom is -0.334 e. The molecule has 1 N–H and O–H groups in total. The first-order valence-corrected chi connectivity index (χ1v) is 10.4. The number of aromatic nitrogens is 4. The van der Waals surface area contributed by atoms with E-state index in [9.17, 15) is 14.4 Å². The Morgan fingerprint density at radius 1 is 1.30 bits per heavy atom. The Balaban J connectivity index is 1.50. The Bertz CT molecular complexity index is 1000. The summed E-state index contributed by atoms with van der Waals surface area (Å²) in [6.07, 6.45) is 4.90. The Morgan fingerprint density at radius 2 is 2.10 bits per heavy atom. The topological polar surface area (TPSA) is 123 Å². The molecule has 0 spiro atoms. The first kappa shape index (κ1) is 20.4. The standard InChI is InChI=1S/C20H26N6O4/c1-12-23-18(30-24-12)16-11-22-13(2)25(20(16)29)9-7-17(27)26(15-5-6-15)19(28)14-4-3-8-21-10-14/h11,14-15,21H,3-10H2,1-2H3. The van der Waals surface area contributed by atoms with Gasteiger partial charge in [0.1, 0.15) is 11.4 Å². The maximum absolute atomic E-state index is 13.0. The molecule has 3 heterocycles. The number of hydrogen-bond donors (Lipinski definition) is 1. The molecule has 2 aromatic heterocycles. The first-order chi connectivity index (χ1) is 14.5. The molecule has 10 nitrogen and oxygen atoms in total. The van der Waals surface area contributed by atoms with Crippen LogP contribution in [0.15, 0.2) is 15.5 Å². The van der Waals surface area contributed by atoms with Crippen LogP contribution < -0.4 is 10.9 Å². The lowest BCUT2D eigenvalue weighted by Gasteiger charge is -2.28. The molecule has 1 saturated heterocycles. The smallest absolute Gasteiger partial charge is 0.266 e. The van der Waals surface area contributed by atoms with Gasteiger partial charge in [0.25, 0.3) is 11.4 Å². The van der Waals surface area contributed by atoms with E-state index in [1.807, 2.05) is 0 Å². The molecule has 0 aromatic carbocycles. The summed E-state index contributed by atoms with van der Waals surface area (Å²) in [6.45, 7) is 5.02. The van der Waals surface area contributed by atoms with E-state index in [0.717, 1.165) is 32.2 Å². The molecule has 0 bridgehead atoms. The van der Waals surface area contributed by atoms with Gasteiger partial charge in [-0.1, -0.05) is 5.16 Å². The van der Waals surface area contributed by atoms with Gasteiger partial charge in [-0.15, -0.1) is 0 Å². The first-order valence-electron chi connectivity index (χ1n) is 10.4. The minimum absolute atomic E-state index is 0.00410. The second-order valence-electron chi connectivity index (χ2n) is 7.95. The van der Waals surface area contributed by atoms with E-state index in [0.29, 0.717) is 18.2 Å². The summed E-state index contributed by atoms with van der Waals surface area (Å²) in [7, 11) is 0. The van der Waals surface area contributed by atoms with Crippen molar-refractivity contribution in [2.24, 2.45) is 5.92 Å². The number of rotatable bonds is 6. The van der Waals surface area contributed by atoms with Crippen LogP contribution in [0.25, 0.3) is 11.5 Å². The average molecular weight is 414 g/mol. The lowest BCUT2D eigenvalue weighted by molar-refractivity contribution is -0.148. The fraction of sp³-hybridized carbons (Fsp3) is 0.600. The number of piperidine rings is 1. The van der Waals surface area contributed by atoms with E-state index in [4.69, 9.17) is 4.52 Å². The largest absolute Gasteiger partial charge is 0.334 e. The quantitative estimate of drug-likeness (QED) is 0.737. The fourth-order valence-electron chi connectivity index (χ4n) is 3.82. The van der Waals surface area contributed by atoms with Crippen molar-refractivity contribution in [3.05, 3.63) is 28.2 Å². The maximum atomic E-state index is 13.0. The van der Waals surface area contributed by atoms with Crippen molar-refractivity contribution in [3.63, 3.8) is 0 Å². The van der Waals surface area contributed by atoms with Gasteiger partial charge < -0.3 is 9.84 Å². The Kier molecular flexibility index (Phi) is 5.76. The van der Waals surface area contributed by atoms with Crippen LogP contribution in [0, 0.1) is 19.8 Å². The summed E-state index contributed by atoms with van der Waals surface area (Å²) in [6, 6.07) is -0.00410. The molecule has 1 saturated carbocycles. The van der Waals surface area contributed by atoms with Crippen LogP contribution >= 0.6 is 0 Å². The molecule has 1 aliphatic carbocycles. The average Bonchev–Trinajstić information content (AvgIpc) is 3.48. The van der Waals surface area contributed by atoms with Crippen molar-refractivity contribution in [3.8, 4) is 11.5 Å². The van der Waals surface area contributed by atoms with Crippen molar-refractivity contribution < 1.29 is 14.1 Å². The third-order valence-electron chi connectivity index (χ3n) is 5.62. The molecule has 1 atom stereocenters. The van der Waals surface area contributed by atoms with Crippen LogP contribution in [0.4, 0.5) is 0 Å². The van der Waals surface area contributed by atoms with Gasteiger partial charge in [0.2, 0.25) is 11.8 Å². The monoisotopic (exact) mass is 414 g/mol.